The lowest BCUT2D eigenvalue weighted by atomic mass is 9.86. The molecule has 0 fully saturated rings. The van der Waals surface area contributed by atoms with Crippen molar-refractivity contribution in [3.63, 3.8) is 0 Å². The van der Waals surface area contributed by atoms with E-state index in [1.165, 1.54) is 0 Å². The summed E-state index contributed by atoms with van der Waals surface area (Å²) in [5.41, 5.74) is 1.76. The second-order valence-electron chi connectivity index (χ2n) is 6.22. The largest absolute Gasteiger partial charge is 0.392 e. The van der Waals surface area contributed by atoms with Gasteiger partial charge >= 0.3 is 0 Å². The number of aliphatic hydroxyl groups is 1. The van der Waals surface area contributed by atoms with Gasteiger partial charge in [-0.1, -0.05) is 52.0 Å². The van der Waals surface area contributed by atoms with E-state index >= 15 is 0 Å². The van der Waals surface area contributed by atoms with Crippen LogP contribution in [0.3, 0.4) is 0 Å². The van der Waals surface area contributed by atoms with Gasteiger partial charge in [-0.2, -0.15) is 0 Å². The van der Waals surface area contributed by atoms with Gasteiger partial charge in [0.2, 0.25) is 0 Å². The van der Waals surface area contributed by atoms with E-state index in [9.17, 15) is 9.59 Å². The Morgan fingerprint density at radius 1 is 0.952 bits per heavy atom. The lowest BCUT2D eigenvalue weighted by Crippen LogP contribution is -2.23. The summed E-state index contributed by atoms with van der Waals surface area (Å²) in [6.07, 6.45) is 0.670. The van der Waals surface area contributed by atoms with Crippen LogP contribution >= 0.6 is 0 Å². The van der Waals surface area contributed by atoms with Crippen molar-refractivity contribution in [3.05, 3.63) is 35.4 Å². The molecule has 21 heavy (non-hydrogen) atoms. The number of aliphatic hydroxyl groups excluding tert-OH is 1. The van der Waals surface area contributed by atoms with E-state index in [0.29, 0.717) is 18.8 Å². The van der Waals surface area contributed by atoms with Crippen molar-refractivity contribution in [2.24, 2.45) is 17.8 Å². The molecule has 3 heteroatoms. The molecule has 0 amide bonds. The van der Waals surface area contributed by atoms with E-state index in [4.69, 9.17) is 5.11 Å². The molecule has 1 aromatic rings. The molecular weight excluding hydrogens is 264 g/mol. The number of hydrogen-bond donors (Lipinski definition) is 1. The smallest absolute Gasteiger partial charge is 0.140 e. The van der Waals surface area contributed by atoms with Crippen LogP contribution in [0.1, 0.15) is 45.2 Å². The zero-order chi connectivity index (χ0) is 16.0. The molecule has 0 aliphatic heterocycles. The second-order valence-corrected chi connectivity index (χ2v) is 6.22. The molecule has 0 aromatic heterocycles. The van der Waals surface area contributed by atoms with E-state index in [1.54, 1.807) is 0 Å². The Hall–Kier alpha value is -1.48. The third-order valence-electron chi connectivity index (χ3n) is 4.15. The van der Waals surface area contributed by atoms with Gasteiger partial charge in [-0.3, -0.25) is 9.59 Å². The molecule has 2 atom stereocenters. The fourth-order valence-electron chi connectivity index (χ4n) is 2.11. The minimum absolute atomic E-state index is 0.00378. The molecule has 1 rings (SSSR count). The first-order valence-corrected chi connectivity index (χ1v) is 7.59. The van der Waals surface area contributed by atoms with Crippen LogP contribution < -0.4 is 0 Å². The highest BCUT2D eigenvalue weighted by Gasteiger charge is 2.22. The molecule has 0 radical (unpaired) electrons. The molecule has 1 aromatic carbocycles. The molecule has 0 aliphatic carbocycles. The first kappa shape index (κ1) is 17.6. The van der Waals surface area contributed by atoms with Gasteiger partial charge in [0, 0.05) is 24.7 Å². The number of rotatable bonds is 8. The lowest BCUT2D eigenvalue weighted by molar-refractivity contribution is -0.129. The average Bonchev–Trinajstić information content (AvgIpc) is 2.46. The van der Waals surface area contributed by atoms with E-state index < -0.39 is 0 Å². The average molecular weight is 290 g/mol. The zero-order valence-corrected chi connectivity index (χ0v) is 13.4. The highest BCUT2D eigenvalue weighted by molar-refractivity contribution is 5.89. The number of Topliss-reactive ketones (excluding diaryl/α,β-unsaturated/α-hetero) is 2. The minimum Gasteiger partial charge on any atom is -0.392 e. The zero-order valence-electron chi connectivity index (χ0n) is 13.4. The van der Waals surface area contributed by atoms with Crippen molar-refractivity contribution in [3.8, 4) is 0 Å². The van der Waals surface area contributed by atoms with Gasteiger partial charge in [0.05, 0.1) is 6.61 Å². The number of carbonyl (C=O) groups excluding carboxylic acids is 2. The molecule has 0 aliphatic rings. The highest BCUT2D eigenvalue weighted by atomic mass is 16.3. The highest BCUT2D eigenvalue weighted by Crippen LogP contribution is 2.18. The number of hydrogen-bond acceptors (Lipinski definition) is 3. The van der Waals surface area contributed by atoms with E-state index in [1.807, 2.05) is 52.0 Å². The van der Waals surface area contributed by atoms with Crippen molar-refractivity contribution < 1.29 is 14.7 Å². The Kier molecular flexibility index (Phi) is 6.76. The van der Waals surface area contributed by atoms with Gasteiger partial charge in [0.15, 0.2) is 0 Å². The summed E-state index contributed by atoms with van der Waals surface area (Å²) < 4.78 is 0. The van der Waals surface area contributed by atoms with Crippen LogP contribution in [0.25, 0.3) is 0 Å². The summed E-state index contributed by atoms with van der Waals surface area (Å²) in [6.45, 7) is 7.81. The molecule has 0 spiro atoms. The predicted molar refractivity (Wildman–Crippen MR) is 83.9 cm³/mol. The molecule has 0 saturated carbocycles. The molecular formula is C18H26O3. The van der Waals surface area contributed by atoms with Gasteiger partial charge in [-0.15, -0.1) is 0 Å². The van der Waals surface area contributed by atoms with E-state index in [0.717, 1.165) is 11.1 Å². The first-order chi connectivity index (χ1) is 9.85. The van der Waals surface area contributed by atoms with Crippen LogP contribution in [0.15, 0.2) is 24.3 Å². The van der Waals surface area contributed by atoms with Crippen molar-refractivity contribution in [1.29, 1.82) is 0 Å². The van der Waals surface area contributed by atoms with Gasteiger partial charge in [0.1, 0.15) is 11.6 Å². The van der Waals surface area contributed by atoms with E-state index in [2.05, 4.69) is 0 Å². The Morgan fingerprint density at radius 3 is 1.95 bits per heavy atom. The molecule has 0 saturated heterocycles. The van der Waals surface area contributed by atoms with Crippen molar-refractivity contribution in [1.82, 2.24) is 0 Å². The molecule has 0 heterocycles. The first-order valence-electron chi connectivity index (χ1n) is 7.59. The summed E-state index contributed by atoms with van der Waals surface area (Å²) in [5, 5.41) is 8.99. The monoisotopic (exact) mass is 290 g/mol. The Morgan fingerprint density at radius 2 is 1.48 bits per heavy atom. The summed E-state index contributed by atoms with van der Waals surface area (Å²) >= 11 is 0. The summed E-state index contributed by atoms with van der Waals surface area (Å²) in [4.78, 5) is 24.2. The summed E-state index contributed by atoms with van der Waals surface area (Å²) in [7, 11) is 0. The molecule has 0 unspecified atom stereocenters. The molecule has 0 bridgehead atoms. The van der Waals surface area contributed by atoms with Crippen LogP contribution in [-0.2, 0) is 22.6 Å². The third-order valence-corrected chi connectivity index (χ3v) is 4.15. The van der Waals surface area contributed by atoms with Crippen molar-refractivity contribution >= 4 is 11.6 Å². The van der Waals surface area contributed by atoms with Gasteiger partial charge in [0.25, 0.3) is 0 Å². The Labute approximate surface area is 127 Å². The Balaban J connectivity index is 2.56. The summed E-state index contributed by atoms with van der Waals surface area (Å²) in [6, 6.07) is 7.35. The van der Waals surface area contributed by atoms with Gasteiger partial charge in [-0.25, -0.2) is 0 Å². The SMILES string of the molecule is CC(C)[C@H](C)C(=O)C[C@@H](C)C(=O)Cc1ccc(CO)cc1. The van der Waals surface area contributed by atoms with Crippen molar-refractivity contribution in [2.45, 2.75) is 47.1 Å². The minimum atomic E-state index is -0.240. The topological polar surface area (TPSA) is 54.4 Å². The summed E-state index contributed by atoms with van der Waals surface area (Å²) in [5.74, 6) is 0.337. The van der Waals surface area contributed by atoms with Crippen LogP contribution in [0.2, 0.25) is 0 Å². The quantitative estimate of drug-likeness (QED) is 0.800. The molecule has 1 N–H and O–H groups in total. The Bertz CT molecular complexity index is 474. The van der Waals surface area contributed by atoms with Crippen LogP contribution in [0.5, 0.6) is 0 Å². The fourth-order valence-corrected chi connectivity index (χ4v) is 2.11. The maximum Gasteiger partial charge on any atom is 0.140 e. The fraction of sp³-hybridized carbons (Fsp3) is 0.556. The standard InChI is InChI=1S/C18H26O3/c1-12(2)14(4)18(21)9-13(3)17(20)10-15-5-7-16(11-19)8-6-15/h5-8,12-14,19H,9-11H2,1-4H3/t13-,14+/m1/s1. The van der Waals surface area contributed by atoms with Gasteiger partial charge in [-0.05, 0) is 17.0 Å². The molecule has 3 nitrogen and oxygen atoms in total. The van der Waals surface area contributed by atoms with Crippen LogP contribution in [0, 0.1) is 17.8 Å². The number of benzene rings is 1. The number of ketones is 2. The molecule has 116 valence electrons. The number of carbonyl (C=O) groups is 2. The maximum absolute atomic E-state index is 12.2. The second kappa shape index (κ2) is 8.08. The van der Waals surface area contributed by atoms with E-state index in [-0.39, 0.29) is 30.0 Å². The lowest BCUT2D eigenvalue weighted by Gasteiger charge is -2.17. The van der Waals surface area contributed by atoms with Crippen molar-refractivity contribution in [2.75, 3.05) is 0 Å². The normalized spacial score (nSPS) is 14.0. The van der Waals surface area contributed by atoms with Gasteiger partial charge < -0.3 is 5.11 Å². The maximum atomic E-state index is 12.2. The third kappa shape index (κ3) is 5.43. The predicted octanol–water partition coefficient (Wildman–Crippen LogP) is 3.18. The van der Waals surface area contributed by atoms with Crippen LogP contribution in [-0.4, -0.2) is 16.7 Å². The van der Waals surface area contributed by atoms with Crippen LogP contribution in [0.4, 0.5) is 0 Å².